The van der Waals surface area contributed by atoms with Crippen molar-refractivity contribution >= 4 is 6.09 Å². The minimum atomic E-state index is -0.458. The van der Waals surface area contributed by atoms with E-state index in [1.807, 2.05) is 41.5 Å². The summed E-state index contributed by atoms with van der Waals surface area (Å²) in [5.41, 5.74) is 5.09. The summed E-state index contributed by atoms with van der Waals surface area (Å²) in [5, 5.41) is 0. The summed E-state index contributed by atoms with van der Waals surface area (Å²) in [4.78, 5) is 13.7. The van der Waals surface area contributed by atoms with Crippen LogP contribution in [0.2, 0.25) is 0 Å². The Morgan fingerprint density at radius 1 is 1.31 bits per heavy atom. The van der Waals surface area contributed by atoms with Crippen LogP contribution in [0, 0.1) is 0 Å². The van der Waals surface area contributed by atoms with Crippen LogP contribution in [0.5, 0.6) is 0 Å². The molecule has 0 saturated carbocycles. The molecule has 0 aromatic carbocycles. The zero-order chi connectivity index (χ0) is 12.8. The molecule has 4 heteroatoms. The summed E-state index contributed by atoms with van der Waals surface area (Å²) in [6.45, 7) is 12.2. The lowest BCUT2D eigenvalue weighted by atomic mass is 9.93. The molecule has 16 heavy (non-hydrogen) atoms. The summed E-state index contributed by atoms with van der Waals surface area (Å²) in [6.07, 6.45) is 0.519. The fraction of sp³-hybridized carbons (Fsp3) is 0.917. The molecule has 0 aromatic rings. The number of ether oxygens (including phenoxy) is 1. The fourth-order valence-electron chi connectivity index (χ4n) is 2.34. The van der Waals surface area contributed by atoms with Gasteiger partial charge in [0.05, 0.1) is 0 Å². The Morgan fingerprint density at radius 2 is 1.81 bits per heavy atom. The number of rotatable bonds is 0. The molecule has 1 rings (SSSR count). The first kappa shape index (κ1) is 13.3. The van der Waals surface area contributed by atoms with Crippen LogP contribution in [0.1, 0.15) is 48.0 Å². The van der Waals surface area contributed by atoms with E-state index in [0.717, 1.165) is 6.42 Å². The average Bonchev–Trinajstić information content (AvgIpc) is 2.14. The number of amides is 1. The molecule has 94 valence electrons. The molecule has 1 heterocycles. The van der Waals surface area contributed by atoms with E-state index in [4.69, 9.17) is 10.5 Å². The third-order valence-corrected chi connectivity index (χ3v) is 2.70. The van der Waals surface area contributed by atoms with Crippen LogP contribution in [0.25, 0.3) is 0 Å². The van der Waals surface area contributed by atoms with Crippen molar-refractivity contribution in [2.75, 3.05) is 6.54 Å². The highest BCUT2D eigenvalue weighted by Crippen LogP contribution is 2.34. The van der Waals surface area contributed by atoms with Gasteiger partial charge in [0.1, 0.15) is 5.60 Å². The molecule has 1 atom stereocenters. The maximum atomic E-state index is 12.0. The predicted octanol–water partition coefficient (Wildman–Crippen LogP) is 2.12. The van der Waals surface area contributed by atoms with Crippen molar-refractivity contribution < 1.29 is 9.53 Å². The molecular weight excluding hydrogens is 204 g/mol. The van der Waals surface area contributed by atoms with Crippen LogP contribution in [0.15, 0.2) is 0 Å². The monoisotopic (exact) mass is 228 g/mol. The lowest BCUT2D eigenvalue weighted by Crippen LogP contribution is -2.46. The van der Waals surface area contributed by atoms with Gasteiger partial charge in [-0.2, -0.15) is 0 Å². The Morgan fingerprint density at radius 3 is 2.12 bits per heavy atom. The molecule has 0 bridgehead atoms. The largest absolute Gasteiger partial charge is 0.444 e. The number of nitrogens with two attached hydrogens (primary N) is 1. The molecule has 1 amide bonds. The van der Waals surface area contributed by atoms with Gasteiger partial charge in [-0.05, 0) is 48.0 Å². The van der Waals surface area contributed by atoms with Gasteiger partial charge in [-0.3, -0.25) is 0 Å². The standard InChI is InChI=1S/C12H24N2O2/c1-10(2,3)16-9(15)14-8-12(6,13)7-11(14,4)5/h7-8,13H2,1-6H3. The summed E-state index contributed by atoms with van der Waals surface area (Å²) < 4.78 is 5.38. The summed E-state index contributed by atoms with van der Waals surface area (Å²) in [5.74, 6) is 0. The Bertz CT molecular complexity index is 290. The molecule has 1 aliphatic rings. The van der Waals surface area contributed by atoms with Crippen molar-refractivity contribution in [3.8, 4) is 0 Å². The van der Waals surface area contributed by atoms with E-state index in [9.17, 15) is 4.79 Å². The van der Waals surface area contributed by atoms with E-state index in [2.05, 4.69) is 0 Å². The minimum Gasteiger partial charge on any atom is -0.444 e. The quantitative estimate of drug-likeness (QED) is 0.691. The number of hydrogen-bond acceptors (Lipinski definition) is 3. The van der Waals surface area contributed by atoms with Gasteiger partial charge in [0.15, 0.2) is 0 Å². The summed E-state index contributed by atoms with van der Waals surface area (Å²) >= 11 is 0. The average molecular weight is 228 g/mol. The van der Waals surface area contributed by atoms with E-state index >= 15 is 0 Å². The summed E-state index contributed by atoms with van der Waals surface area (Å²) in [7, 11) is 0. The van der Waals surface area contributed by atoms with Crippen molar-refractivity contribution in [3.05, 3.63) is 0 Å². The molecule has 0 radical (unpaired) electrons. The van der Waals surface area contributed by atoms with Crippen molar-refractivity contribution in [2.24, 2.45) is 5.73 Å². The predicted molar refractivity (Wildman–Crippen MR) is 64.2 cm³/mol. The van der Waals surface area contributed by atoms with Crippen molar-refractivity contribution in [3.63, 3.8) is 0 Å². The SMILES string of the molecule is CC1(N)CN(C(=O)OC(C)(C)C)C(C)(C)C1. The third-order valence-electron chi connectivity index (χ3n) is 2.70. The zero-order valence-corrected chi connectivity index (χ0v) is 11.3. The van der Waals surface area contributed by atoms with E-state index < -0.39 is 5.60 Å². The second-order valence-corrected chi connectivity index (χ2v) is 6.71. The van der Waals surface area contributed by atoms with Crippen LogP contribution >= 0.6 is 0 Å². The topological polar surface area (TPSA) is 55.6 Å². The van der Waals surface area contributed by atoms with Gasteiger partial charge in [-0.15, -0.1) is 0 Å². The molecule has 0 aliphatic carbocycles. The van der Waals surface area contributed by atoms with Gasteiger partial charge in [-0.25, -0.2) is 4.79 Å². The lowest BCUT2D eigenvalue weighted by Gasteiger charge is -2.33. The highest BCUT2D eigenvalue weighted by molar-refractivity contribution is 5.70. The number of nitrogens with zero attached hydrogens (tertiary/aromatic N) is 1. The normalized spacial score (nSPS) is 29.3. The molecule has 0 spiro atoms. The Balaban J connectivity index is 2.78. The summed E-state index contributed by atoms with van der Waals surface area (Å²) in [6, 6.07) is 0. The van der Waals surface area contributed by atoms with Gasteiger partial charge in [-0.1, -0.05) is 0 Å². The van der Waals surface area contributed by atoms with E-state index in [-0.39, 0.29) is 17.2 Å². The fourth-order valence-corrected chi connectivity index (χ4v) is 2.34. The molecule has 2 N–H and O–H groups in total. The van der Waals surface area contributed by atoms with Crippen LogP contribution in [0.4, 0.5) is 4.79 Å². The van der Waals surface area contributed by atoms with Gasteiger partial charge >= 0.3 is 6.09 Å². The third kappa shape index (κ3) is 3.11. The number of likely N-dealkylation sites (tertiary alicyclic amines) is 1. The second kappa shape index (κ2) is 3.62. The van der Waals surface area contributed by atoms with E-state index in [1.54, 1.807) is 4.90 Å². The Kier molecular flexibility index (Phi) is 3.01. The molecule has 0 aromatic heterocycles. The first-order chi connectivity index (χ1) is 6.93. The first-order valence-corrected chi connectivity index (χ1v) is 5.73. The molecule has 4 nitrogen and oxygen atoms in total. The highest BCUT2D eigenvalue weighted by Gasteiger charge is 2.47. The van der Waals surface area contributed by atoms with Gasteiger partial charge in [0.25, 0.3) is 0 Å². The molecule has 1 saturated heterocycles. The Hall–Kier alpha value is -0.770. The number of hydrogen-bond donors (Lipinski definition) is 1. The number of carbonyl (C=O) groups excluding carboxylic acids is 1. The smallest absolute Gasteiger partial charge is 0.410 e. The van der Waals surface area contributed by atoms with Crippen LogP contribution in [-0.4, -0.2) is 34.2 Å². The van der Waals surface area contributed by atoms with Gasteiger partial charge < -0.3 is 15.4 Å². The van der Waals surface area contributed by atoms with Gasteiger partial charge in [0.2, 0.25) is 0 Å². The molecular formula is C12H24N2O2. The minimum absolute atomic E-state index is 0.230. The molecule has 1 fully saturated rings. The first-order valence-electron chi connectivity index (χ1n) is 5.73. The maximum absolute atomic E-state index is 12.0. The van der Waals surface area contributed by atoms with Crippen LogP contribution < -0.4 is 5.73 Å². The van der Waals surface area contributed by atoms with Crippen LogP contribution in [-0.2, 0) is 4.74 Å². The van der Waals surface area contributed by atoms with Crippen molar-refractivity contribution in [2.45, 2.75) is 64.6 Å². The van der Waals surface area contributed by atoms with Crippen molar-refractivity contribution in [1.29, 1.82) is 0 Å². The second-order valence-electron chi connectivity index (χ2n) is 6.71. The maximum Gasteiger partial charge on any atom is 0.410 e. The van der Waals surface area contributed by atoms with Crippen LogP contribution in [0.3, 0.4) is 0 Å². The van der Waals surface area contributed by atoms with Crippen molar-refractivity contribution in [1.82, 2.24) is 4.90 Å². The van der Waals surface area contributed by atoms with E-state index in [0.29, 0.717) is 6.54 Å². The van der Waals surface area contributed by atoms with E-state index in [1.165, 1.54) is 0 Å². The molecule has 1 unspecified atom stereocenters. The number of carbonyl (C=O) groups is 1. The zero-order valence-electron chi connectivity index (χ0n) is 11.3. The highest BCUT2D eigenvalue weighted by atomic mass is 16.6. The Labute approximate surface area is 98.1 Å². The molecule has 1 aliphatic heterocycles. The lowest BCUT2D eigenvalue weighted by molar-refractivity contribution is 0.0130. The van der Waals surface area contributed by atoms with Gasteiger partial charge in [0, 0.05) is 17.6 Å².